The number of nitrogens with one attached hydrogen (secondary N) is 1. The van der Waals surface area contributed by atoms with Crippen LogP contribution in [0.1, 0.15) is 20.3 Å². The van der Waals surface area contributed by atoms with Crippen molar-refractivity contribution < 1.29 is 0 Å². The maximum atomic E-state index is 3.69. The van der Waals surface area contributed by atoms with E-state index in [9.17, 15) is 0 Å². The van der Waals surface area contributed by atoms with Crippen LogP contribution in [0.25, 0.3) is 0 Å². The Hall–Kier alpha value is -1.02. The van der Waals surface area contributed by atoms with E-state index in [1.165, 1.54) is 31.7 Å². The van der Waals surface area contributed by atoms with E-state index in [0.29, 0.717) is 5.41 Å². The van der Waals surface area contributed by atoms with Crippen LogP contribution >= 0.6 is 0 Å². The molecule has 0 bridgehead atoms. The summed E-state index contributed by atoms with van der Waals surface area (Å²) in [6.07, 6.45) is 1.28. The molecule has 0 aromatic heterocycles. The molecule has 2 heteroatoms. The molecule has 1 N–H and O–H groups in total. The highest BCUT2D eigenvalue weighted by Gasteiger charge is 2.44. The average molecular weight is 230 g/mol. The molecule has 1 aromatic rings. The molecule has 2 fully saturated rings. The first-order valence-corrected chi connectivity index (χ1v) is 6.70. The standard InChI is InChI=1S/C15H22N2/c1-15(2)11-16-14-8-9-17(10-13(14)15)12-6-4-3-5-7-12/h3-7,13-14,16H,8-11H2,1-2H3. The molecule has 2 saturated heterocycles. The average Bonchev–Trinajstić information content (AvgIpc) is 2.66. The van der Waals surface area contributed by atoms with Crippen molar-refractivity contribution in [1.82, 2.24) is 5.32 Å². The van der Waals surface area contributed by atoms with Gasteiger partial charge in [-0.25, -0.2) is 0 Å². The van der Waals surface area contributed by atoms with Crippen molar-refractivity contribution in [3.8, 4) is 0 Å². The van der Waals surface area contributed by atoms with Gasteiger partial charge in [0.2, 0.25) is 0 Å². The summed E-state index contributed by atoms with van der Waals surface area (Å²) in [4.78, 5) is 2.55. The van der Waals surface area contributed by atoms with Crippen LogP contribution < -0.4 is 10.2 Å². The van der Waals surface area contributed by atoms with E-state index in [4.69, 9.17) is 0 Å². The van der Waals surface area contributed by atoms with Gasteiger partial charge in [-0.1, -0.05) is 32.0 Å². The van der Waals surface area contributed by atoms with Gasteiger partial charge in [-0.2, -0.15) is 0 Å². The Morgan fingerprint density at radius 2 is 2.00 bits per heavy atom. The fraction of sp³-hybridized carbons (Fsp3) is 0.600. The van der Waals surface area contributed by atoms with E-state index in [1.54, 1.807) is 0 Å². The number of para-hydroxylation sites is 1. The second-order valence-corrected chi connectivity index (χ2v) is 6.15. The topological polar surface area (TPSA) is 15.3 Å². The Labute approximate surface area is 104 Å². The molecule has 0 saturated carbocycles. The Morgan fingerprint density at radius 1 is 1.24 bits per heavy atom. The number of hydrogen-bond donors (Lipinski definition) is 1. The van der Waals surface area contributed by atoms with Gasteiger partial charge in [0, 0.05) is 31.4 Å². The molecule has 2 unspecified atom stereocenters. The molecule has 0 aliphatic carbocycles. The molecule has 0 spiro atoms. The Morgan fingerprint density at radius 3 is 2.76 bits per heavy atom. The molecule has 1 aromatic carbocycles. The number of piperidine rings is 1. The van der Waals surface area contributed by atoms with Crippen molar-refractivity contribution in [3.63, 3.8) is 0 Å². The minimum Gasteiger partial charge on any atom is -0.371 e. The monoisotopic (exact) mass is 230 g/mol. The minimum atomic E-state index is 0.443. The molecule has 2 aliphatic heterocycles. The summed E-state index contributed by atoms with van der Waals surface area (Å²) in [5, 5.41) is 3.69. The molecular weight excluding hydrogens is 208 g/mol. The lowest BCUT2D eigenvalue weighted by Gasteiger charge is -2.40. The molecule has 2 heterocycles. The quantitative estimate of drug-likeness (QED) is 0.797. The van der Waals surface area contributed by atoms with E-state index in [0.717, 1.165) is 12.0 Å². The van der Waals surface area contributed by atoms with Gasteiger partial charge in [0.15, 0.2) is 0 Å². The first-order valence-electron chi connectivity index (χ1n) is 6.70. The molecule has 0 radical (unpaired) electrons. The Kier molecular flexibility index (Phi) is 2.62. The predicted molar refractivity (Wildman–Crippen MR) is 72.3 cm³/mol. The predicted octanol–water partition coefficient (Wildman–Crippen LogP) is 2.51. The van der Waals surface area contributed by atoms with E-state index in [2.05, 4.69) is 54.4 Å². The Balaban J connectivity index is 1.79. The second kappa shape index (κ2) is 4.02. The molecule has 0 amide bonds. The Bertz CT molecular complexity index is 385. The van der Waals surface area contributed by atoms with E-state index >= 15 is 0 Å². The summed E-state index contributed by atoms with van der Waals surface area (Å²) >= 11 is 0. The third kappa shape index (κ3) is 1.95. The number of fused-ring (bicyclic) bond motifs is 1. The summed E-state index contributed by atoms with van der Waals surface area (Å²) in [6.45, 7) is 8.37. The van der Waals surface area contributed by atoms with Crippen molar-refractivity contribution in [2.24, 2.45) is 11.3 Å². The zero-order valence-electron chi connectivity index (χ0n) is 10.8. The lowest BCUT2D eigenvalue weighted by atomic mass is 9.76. The van der Waals surface area contributed by atoms with Crippen LogP contribution in [0, 0.1) is 11.3 Å². The third-order valence-electron chi connectivity index (χ3n) is 4.56. The van der Waals surface area contributed by atoms with Crippen molar-refractivity contribution in [2.45, 2.75) is 26.3 Å². The van der Waals surface area contributed by atoms with Crippen molar-refractivity contribution in [3.05, 3.63) is 30.3 Å². The van der Waals surface area contributed by atoms with Gasteiger partial charge in [-0.15, -0.1) is 0 Å². The molecule has 3 rings (SSSR count). The van der Waals surface area contributed by atoms with Crippen molar-refractivity contribution >= 4 is 5.69 Å². The van der Waals surface area contributed by atoms with Gasteiger partial charge in [-0.05, 0) is 29.9 Å². The van der Waals surface area contributed by atoms with Gasteiger partial charge in [0.1, 0.15) is 0 Å². The maximum absolute atomic E-state index is 3.69. The highest BCUT2D eigenvalue weighted by molar-refractivity contribution is 5.46. The summed E-state index contributed by atoms with van der Waals surface area (Å²) < 4.78 is 0. The highest BCUT2D eigenvalue weighted by Crippen LogP contribution is 2.39. The number of benzene rings is 1. The molecule has 17 heavy (non-hydrogen) atoms. The van der Waals surface area contributed by atoms with E-state index in [-0.39, 0.29) is 0 Å². The van der Waals surface area contributed by atoms with Gasteiger partial charge < -0.3 is 10.2 Å². The largest absolute Gasteiger partial charge is 0.371 e. The van der Waals surface area contributed by atoms with Gasteiger partial charge in [-0.3, -0.25) is 0 Å². The molecule has 2 nitrogen and oxygen atoms in total. The number of hydrogen-bond acceptors (Lipinski definition) is 2. The fourth-order valence-corrected chi connectivity index (χ4v) is 3.39. The first kappa shape index (κ1) is 11.1. The zero-order valence-corrected chi connectivity index (χ0v) is 10.8. The summed E-state index contributed by atoms with van der Waals surface area (Å²) in [5.74, 6) is 0.788. The van der Waals surface area contributed by atoms with Crippen molar-refractivity contribution in [1.29, 1.82) is 0 Å². The molecular formula is C15H22N2. The van der Waals surface area contributed by atoms with Crippen LogP contribution in [-0.2, 0) is 0 Å². The zero-order chi connectivity index (χ0) is 11.9. The summed E-state index contributed by atoms with van der Waals surface area (Å²) in [6, 6.07) is 11.6. The summed E-state index contributed by atoms with van der Waals surface area (Å²) in [7, 11) is 0. The normalized spacial score (nSPS) is 31.3. The van der Waals surface area contributed by atoms with Crippen LogP contribution in [0.4, 0.5) is 5.69 Å². The molecule has 2 atom stereocenters. The minimum absolute atomic E-state index is 0.443. The molecule has 92 valence electrons. The fourth-order valence-electron chi connectivity index (χ4n) is 3.39. The number of anilines is 1. The number of nitrogens with zero attached hydrogens (tertiary/aromatic N) is 1. The number of rotatable bonds is 1. The summed E-state index contributed by atoms with van der Waals surface area (Å²) in [5.41, 5.74) is 1.83. The third-order valence-corrected chi connectivity index (χ3v) is 4.56. The second-order valence-electron chi connectivity index (χ2n) is 6.15. The van der Waals surface area contributed by atoms with E-state index in [1.807, 2.05) is 0 Å². The van der Waals surface area contributed by atoms with Crippen LogP contribution in [-0.4, -0.2) is 25.7 Å². The van der Waals surface area contributed by atoms with Crippen LogP contribution in [0.2, 0.25) is 0 Å². The van der Waals surface area contributed by atoms with E-state index < -0.39 is 0 Å². The highest BCUT2D eigenvalue weighted by atomic mass is 15.2. The van der Waals surface area contributed by atoms with Crippen LogP contribution in [0.15, 0.2) is 30.3 Å². The lowest BCUT2D eigenvalue weighted by molar-refractivity contribution is 0.237. The maximum Gasteiger partial charge on any atom is 0.0366 e. The smallest absolute Gasteiger partial charge is 0.0366 e. The van der Waals surface area contributed by atoms with Crippen molar-refractivity contribution in [2.75, 3.05) is 24.5 Å². The van der Waals surface area contributed by atoms with Crippen LogP contribution in [0.5, 0.6) is 0 Å². The van der Waals surface area contributed by atoms with Crippen LogP contribution in [0.3, 0.4) is 0 Å². The lowest BCUT2D eigenvalue weighted by Crippen LogP contribution is -2.47. The van der Waals surface area contributed by atoms with Gasteiger partial charge in [0.25, 0.3) is 0 Å². The van der Waals surface area contributed by atoms with Gasteiger partial charge >= 0.3 is 0 Å². The SMILES string of the molecule is CC1(C)CNC2CCN(c3ccccc3)CC21. The first-order chi connectivity index (χ1) is 8.17. The molecule has 2 aliphatic rings. The van der Waals surface area contributed by atoms with Gasteiger partial charge in [0.05, 0.1) is 0 Å².